The van der Waals surface area contributed by atoms with E-state index in [1.807, 2.05) is 31.2 Å². The Morgan fingerprint density at radius 1 is 1.35 bits per heavy atom. The van der Waals surface area contributed by atoms with Crippen LogP contribution in [0, 0.1) is 0 Å². The molecular weight excluding hydrogens is 350 g/mol. The third kappa shape index (κ3) is 4.63. The number of hydrogen-bond acceptors (Lipinski definition) is 4. The Kier molecular flexibility index (Phi) is 6.66. The van der Waals surface area contributed by atoms with Crippen molar-refractivity contribution in [3.05, 3.63) is 46.7 Å². The Bertz CT molecular complexity index is 739. The first-order chi connectivity index (χ1) is 12.7. The van der Waals surface area contributed by atoms with Crippen LogP contribution >= 0.6 is 11.6 Å². The van der Waals surface area contributed by atoms with E-state index in [1.54, 1.807) is 10.9 Å². The van der Waals surface area contributed by atoms with Crippen molar-refractivity contribution in [2.24, 2.45) is 0 Å². The van der Waals surface area contributed by atoms with Crippen molar-refractivity contribution < 1.29 is 4.79 Å². The molecule has 1 aliphatic rings. The van der Waals surface area contributed by atoms with Crippen molar-refractivity contribution >= 4 is 17.5 Å². The van der Waals surface area contributed by atoms with Gasteiger partial charge in [0.2, 0.25) is 0 Å². The second-order valence-corrected chi connectivity index (χ2v) is 6.89. The summed E-state index contributed by atoms with van der Waals surface area (Å²) >= 11 is 6.08. The molecule has 1 aromatic heterocycles. The summed E-state index contributed by atoms with van der Waals surface area (Å²) < 4.78 is 1.79. The van der Waals surface area contributed by atoms with Gasteiger partial charge in [0.1, 0.15) is 0 Å². The molecular formula is C19H26ClN5O. The summed E-state index contributed by atoms with van der Waals surface area (Å²) in [5, 5.41) is 11.4. The van der Waals surface area contributed by atoms with E-state index in [0.717, 1.165) is 56.9 Å². The second kappa shape index (κ2) is 9.16. The zero-order valence-electron chi connectivity index (χ0n) is 15.2. The molecule has 6 nitrogen and oxygen atoms in total. The summed E-state index contributed by atoms with van der Waals surface area (Å²) in [4.78, 5) is 15.0. The van der Waals surface area contributed by atoms with Crippen molar-refractivity contribution in [1.29, 1.82) is 0 Å². The maximum atomic E-state index is 12.6. The summed E-state index contributed by atoms with van der Waals surface area (Å²) in [6, 6.07) is 7.50. The largest absolute Gasteiger partial charge is 0.352 e. The number of halogens is 1. The molecule has 7 heteroatoms. The highest BCUT2D eigenvalue weighted by Gasteiger charge is 2.17. The van der Waals surface area contributed by atoms with Gasteiger partial charge in [0.25, 0.3) is 5.91 Å². The lowest BCUT2D eigenvalue weighted by Gasteiger charge is -2.27. The lowest BCUT2D eigenvalue weighted by molar-refractivity contribution is 0.0950. The minimum Gasteiger partial charge on any atom is -0.352 e. The fourth-order valence-electron chi connectivity index (χ4n) is 3.27. The van der Waals surface area contributed by atoms with Crippen molar-refractivity contribution in [2.45, 2.75) is 19.8 Å². The van der Waals surface area contributed by atoms with Crippen LogP contribution in [0.15, 0.2) is 30.5 Å². The van der Waals surface area contributed by atoms with Gasteiger partial charge < -0.3 is 15.5 Å². The maximum absolute atomic E-state index is 12.6. The topological polar surface area (TPSA) is 62.2 Å². The Balaban J connectivity index is 1.59. The first-order valence-electron chi connectivity index (χ1n) is 9.23. The number of hydrogen-bond donors (Lipinski definition) is 2. The van der Waals surface area contributed by atoms with Crippen LogP contribution in [0.2, 0.25) is 5.02 Å². The Morgan fingerprint density at radius 3 is 2.88 bits per heavy atom. The molecule has 1 amide bonds. The summed E-state index contributed by atoms with van der Waals surface area (Å²) in [6.45, 7) is 7.99. The molecule has 3 rings (SSSR count). The van der Waals surface area contributed by atoms with Gasteiger partial charge in [-0.05, 0) is 37.6 Å². The maximum Gasteiger partial charge on any atom is 0.254 e. The molecule has 0 aliphatic carbocycles. The van der Waals surface area contributed by atoms with Gasteiger partial charge in [-0.3, -0.25) is 4.79 Å². The van der Waals surface area contributed by atoms with E-state index in [1.165, 1.54) is 0 Å². The number of benzene rings is 1. The highest BCUT2D eigenvalue weighted by molar-refractivity contribution is 6.30. The van der Waals surface area contributed by atoms with E-state index < -0.39 is 0 Å². The third-order valence-corrected chi connectivity index (χ3v) is 4.88. The van der Waals surface area contributed by atoms with E-state index in [9.17, 15) is 4.79 Å². The van der Waals surface area contributed by atoms with Crippen LogP contribution in [0.4, 0.5) is 0 Å². The Hall–Kier alpha value is -1.89. The molecule has 1 aromatic carbocycles. The van der Waals surface area contributed by atoms with Crippen LogP contribution in [0.25, 0.3) is 5.69 Å². The van der Waals surface area contributed by atoms with E-state index in [4.69, 9.17) is 11.6 Å². The zero-order valence-corrected chi connectivity index (χ0v) is 15.9. The highest BCUT2D eigenvalue weighted by atomic mass is 35.5. The van der Waals surface area contributed by atoms with E-state index in [-0.39, 0.29) is 5.91 Å². The van der Waals surface area contributed by atoms with Crippen molar-refractivity contribution in [1.82, 2.24) is 25.3 Å². The SMILES string of the molecule is CCc1c(C(=O)NCCCN2CCNCC2)cnn1-c1cccc(Cl)c1. The Morgan fingerprint density at radius 2 is 2.15 bits per heavy atom. The van der Waals surface area contributed by atoms with Crippen LogP contribution in [0.5, 0.6) is 0 Å². The van der Waals surface area contributed by atoms with Crippen LogP contribution in [-0.4, -0.2) is 59.9 Å². The summed E-state index contributed by atoms with van der Waals surface area (Å²) in [6.07, 6.45) is 3.32. The lowest BCUT2D eigenvalue weighted by Crippen LogP contribution is -2.44. The molecule has 140 valence electrons. The standard InChI is InChI=1S/C19H26ClN5O/c1-2-18-17(14-23-25(18)16-6-3-5-15(20)13-16)19(26)22-7-4-10-24-11-8-21-9-12-24/h3,5-6,13-14,21H,2,4,7-12H2,1H3,(H,22,26). The zero-order chi connectivity index (χ0) is 18.4. The Labute approximate surface area is 159 Å². The molecule has 1 aliphatic heterocycles. The third-order valence-electron chi connectivity index (χ3n) is 4.65. The number of carbonyl (C=O) groups is 1. The average molecular weight is 376 g/mol. The fraction of sp³-hybridized carbons (Fsp3) is 0.474. The molecule has 26 heavy (non-hydrogen) atoms. The predicted octanol–water partition coefficient (Wildman–Crippen LogP) is 2.11. The predicted molar refractivity (Wildman–Crippen MR) is 104 cm³/mol. The fourth-order valence-corrected chi connectivity index (χ4v) is 3.45. The van der Waals surface area contributed by atoms with E-state index >= 15 is 0 Å². The van der Waals surface area contributed by atoms with Crippen LogP contribution in [-0.2, 0) is 6.42 Å². The number of carbonyl (C=O) groups excluding carboxylic acids is 1. The normalized spacial score (nSPS) is 15.2. The molecule has 0 spiro atoms. The van der Waals surface area contributed by atoms with Crippen LogP contribution < -0.4 is 10.6 Å². The van der Waals surface area contributed by atoms with Gasteiger partial charge in [-0.2, -0.15) is 5.10 Å². The van der Waals surface area contributed by atoms with Gasteiger partial charge in [-0.25, -0.2) is 4.68 Å². The van der Waals surface area contributed by atoms with Gasteiger partial charge in [0, 0.05) is 37.7 Å². The van der Waals surface area contributed by atoms with Gasteiger partial charge >= 0.3 is 0 Å². The van der Waals surface area contributed by atoms with Gasteiger partial charge in [-0.1, -0.05) is 24.6 Å². The molecule has 0 atom stereocenters. The minimum atomic E-state index is -0.0598. The summed E-state index contributed by atoms with van der Waals surface area (Å²) in [5.41, 5.74) is 2.40. The van der Waals surface area contributed by atoms with Crippen molar-refractivity contribution in [3.8, 4) is 5.69 Å². The molecule has 0 saturated carbocycles. The molecule has 2 aromatic rings. The van der Waals surface area contributed by atoms with Crippen molar-refractivity contribution in [2.75, 3.05) is 39.3 Å². The minimum absolute atomic E-state index is 0.0598. The first kappa shape index (κ1) is 18.9. The van der Waals surface area contributed by atoms with Crippen LogP contribution in [0.1, 0.15) is 29.4 Å². The van der Waals surface area contributed by atoms with E-state index in [2.05, 4.69) is 20.6 Å². The second-order valence-electron chi connectivity index (χ2n) is 6.45. The number of rotatable bonds is 7. The van der Waals surface area contributed by atoms with Crippen LogP contribution in [0.3, 0.4) is 0 Å². The van der Waals surface area contributed by atoms with Gasteiger partial charge in [-0.15, -0.1) is 0 Å². The van der Waals surface area contributed by atoms with Gasteiger partial charge in [0.15, 0.2) is 0 Å². The average Bonchev–Trinajstić information content (AvgIpc) is 3.10. The van der Waals surface area contributed by atoms with E-state index in [0.29, 0.717) is 17.1 Å². The summed E-state index contributed by atoms with van der Waals surface area (Å²) in [5.74, 6) is -0.0598. The first-order valence-corrected chi connectivity index (χ1v) is 9.61. The number of nitrogens with one attached hydrogen (secondary N) is 2. The molecule has 1 saturated heterocycles. The number of nitrogens with zero attached hydrogens (tertiary/aromatic N) is 3. The lowest BCUT2D eigenvalue weighted by atomic mass is 10.2. The number of piperazine rings is 1. The smallest absolute Gasteiger partial charge is 0.254 e. The molecule has 2 heterocycles. The molecule has 0 unspecified atom stereocenters. The number of amides is 1. The molecule has 2 N–H and O–H groups in total. The van der Waals surface area contributed by atoms with Gasteiger partial charge in [0.05, 0.1) is 23.1 Å². The summed E-state index contributed by atoms with van der Waals surface area (Å²) in [7, 11) is 0. The highest BCUT2D eigenvalue weighted by Crippen LogP contribution is 2.19. The van der Waals surface area contributed by atoms with Crippen molar-refractivity contribution in [3.63, 3.8) is 0 Å². The molecule has 0 bridgehead atoms. The molecule has 0 radical (unpaired) electrons. The monoisotopic (exact) mass is 375 g/mol. The quantitative estimate of drug-likeness (QED) is 0.728. The molecule has 1 fully saturated rings. The number of aromatic nitrogens is 2.